The highest BCUT2D eigenvalue weighted by atomic mass is 15.3. The van der Waals surface area contributed by atoms with Crippen LogP contribution in [-0.4, -0.2) is 74.1 Å². The van der Waals surface area contributed by atoms with E-state index in [-0.39, 0.29) is 0 Å². The fraction of sp³-hybridized carbons (Fsp3) is 1.00. The number of piperazine rings is 1. The van der Waals surface area contributed by atoms with Gasteiger partial charge in [0.05, 0.1) is 0 Å². The van der Waals surface area contributed by atoms with Crippen molar-refractivity contribution >= 4 is 0 Å². The van der Waals surface area contributed by atoms with Crippen molar-refractivity contribution in [1.29, 1.82) is 0 Å². The Balaban J connectivity index is 1.32. The first-order valence-corrected chi connectivity index (χ1v) is 9.82. The molecule has 3 aliphatic rings. The molecule has 0 aromatic rings. The van der Waals surface area contributed by atoms with Gasteiger partial charge in [0.1, 0.15) is 0 Å². The molecule has 3 fully saturated rings. The van der Waals surface area contributed by atoms with Crippen LogP contribution in [0.4, 0.5) is 0 Å². The molecule has 22 heavy (non-hydrogen) atoms. The maximum Gasteiger partial charge on any atom is 0.0110 e. The van der Waals surface area contributed by atoms with Crippen LogP contribution in [0.15, 0.2) is 0 Å². The summed E-state index contributed by atoms with van der Waals surface area (Å²) < 4.78 is 0. The van der Waals surface area contributed by atoms with Crippen LogP contribution in [0.3, 0.4) is 0 Å². The summed E-state index contributed by atoms with van der Waals surface area (Å²) in [7, 11) is 2.26. The summed E-state index contributed by atoms with van der Waals surface area (Å²) in [6.45, 7) is 13.1. The zero-order valence-electron chi connectivity index (χ0n) is 15.0. The zero-order valence-corrected chi connectivity index (χ0v) is 15.0. The molecule has 1 saturated carbocycles. The first-order chi connectivity index (χ1) is 10.7. The number of nitrogens with zero attached hydrogens (tertiary/aromatic N) is 3. The number of hydrogen-bond acceptors (Lipinski definition) is 3. The van der Waals surface area contributed by atoms with Crippen molar-refractivity contribution in [3.8, 4) is 0 Å². The molecule has 128 valence electrons. The second-order valence-electron chi connectivity index (χ2n) is 8.47. The summed E-state index contributed by atoms with van der Waals surface area (Å²) in [4.78, 5) is 7.99. The maximum atomic E-state index is 2.76. The maximum absolute atomic E-state index is 2.76. The van der Waals surface area contributed by atoms with Crippen molar-refractivity contribution in [3.63, 3.8) is 0 Å². The van der Waals surface area contributed by atoms with Crippen molar-refractivity contribution < 1.29 is 0 Å². The summed E-state index contributed by atoms with van der Waals surface area (Å²) in [6.07, 6.45) is 8.74. The van der Waals surface area contributed by atoms with E-state index in [1.165, 1.54) is 90.9 Å². The highest BCUT2D eigenvalue weighted by molar-refractivity contribution is 4.80. The molecule has 3 heteroatoms. The van der Waals surface area contributed by atoms with E-state index in [1.807, 2.05) is 0 Å². The van der Waals surface area contributed by atoms with Gasteiger partial charge in [-0.3, -0.25) is 0 Å². The van der Waals surface area contributed by atoms with Crippen LogP contribution in [-0.2, 0) is 0 Å². The minimum absolute atomic E-state index is 0.961. The van der Waals surface area contributed by atoms with Gasteiger partial charge < -0.3 is 14.7 Å². The largest absolute Gasteiger partial charge is 0.306 e. The van der Waals surface area contributed by atoms with Crippen LogP contribution in [0, 0.1) is 17.8 Å². The van der Waals surface area contributed by atoms with E-state index in [1.54, 1.807) is 0 Å². The van der Waals surface area contributed by atoms with Crippen LogP contribution < -0.4 is 0 Å². The van der Waals surface area contributed by atoms with Crippen molar-refractivity contribution in [2.75, 3.05) is 59.4 Å². The summed E-state index contributed by atoms with van der Waals surface area (Å²) in [5.74, 6) is 2.95. The highest BCUT2D eigenvalue weighted by Gasteiger charge is 2.25. The van der Waals surface area contributed by atoms with Gasteiger partial charge in [0.25, 0.3) is 0 Å². The van der Waals surface area contributed by atoms with Crippen molar-refractivity contribution in [2.24, 2.45) is 17.8 Å². The lowest BCUT2D eigenvalue weighted by Crippen LogP contribution is -2.49. The molecule has 1 aliphatic carbocycles. The molecule has 0 unspecified atom stereocenters. The standard InChI is InChI=1S/C19H37N3/c1-17-3-5-18(6-4-17)15-21-11-13-22(14-12-21)16-19-7-9-20(2)10-8-19/h17-19H,3-16H2,1-2H3. The lowest BCUT2D eigenvalue weighted by Gasteiger charge is -2.40. The first kappa shape index (κ1) is 16.7. The summed E-state index contributed by atoms with van der Waals surface area (Å²) >= 11 is 0. The fourth-order valence-electron chi connectivity index (χ4n) is 4.64. The lowest BCUT2D eigenvalue weighted by molar-refractivity contribution is 0.0840. The van der Waals surface area contributed by atoms with Gasteiger partial charge in [-0.1, -0.05) is 19.8 Å². The molecule has 0 N–H and O–H groups in total. The predicted molar refractivity (Wildman–Crippen MR) is 94.2 cm³/mol. The third-order valence-electron chi connectivity index (χ3n) is 6.47. The van der Waals surface area contributed by atoms with Crippen LogP contribution >= 0.6 is 0 Å². The summed E-state index contributed by atoms with van der Waals surface area (Å²) in [5.41, 5.74) is 0. The topological polar surface area (TPSA) is 9.72 Å². The van der Waals surface area contributed by atoms with Gasteiger partial charge in [0, 0.05) is 39.3 Å². The molecular weight excluding hydrogens is 270 g/mol. The Hall–Kier alpha value is -0.120. The minimum atomic E-state index is 0.961. The van der Waals surface area contributed by atoms with Crippen LogP contribution in [0.2, 0.25) is 0 Å². The minimum Gasteiger partial charge on any atom is -0.306 e. The molecule has 2 saturated heterocycles. The molecule has 3 nitrogen and oxygen atoms in total. The number of hydrogen-bond donors (Lipinski definition) is 0. The van der Waals surface area contributed by atoms with E-state index in [2.05, 4.69) is 28.7 Å². The van der Waals surface area contributed by atoms with Crippen LogP contribution in [0.1, 0.15) is 45.4 Å². The predicted octanol–water partition coefficient (Wildman–Crippen LogP) is 2.77. The average Bonchev–Trinajstić information content (AvgIpc) is 2.54. The molecule has 2 aliphatic heterocycles. The summed E-state index contributed by atoms with van der Waals surface area (Å²) in [6, 6.07) is 0. The first-order valence-electron chi connectivity index (χ1n) is 9.82. The molecule has 0 radical (unpaired) electrons. The molecule has 3 rings (SSSR count). The molecule has 2 heterocycles. The number of likely N-dealkylation sites (tertiary alicyclic amines) is 1. The highest BCUT2D eigenvalue weighted by Crippen LogP contribution is 2.29. The van der Waals surface area contributed by atoms with Crippen molar-refractivity contribution in [1.82, 2.24) is 14.7 Å². The van der Waals surface area contributed by atoms with Crippen molar-refractivity contribution in [2.45, 2.75) is 45.4 Å². The third-order valence-corrected chi connectivity index (χ3v) is 6.47. The molecule has 0 bridgehead atoms. The lowest BCUT2D eigenvalue weighted by atomic mass is 9.83. The van der Waals surface area contributed by atoms with E-state index < -0.39 is 0 Å². The summed E-state index contributed by atoms with van der Waals surface area (Å²) in [5, 5.41) is 0. The van der Waals surface area contributed by atoms with Gasteiger partial charge in [-0.25, -0.2) is 0 Å². The van der Waals surface area contributed by atoms with Gasteiger partial charge in [0.2, 0.25) is 0 Å². The van der Waals surface area contributed by atoms with Gasteiger partial charge >= 0.3 is 0 Å². The second kappa shape index (κ2) is 8.12. The van der Waals surface area contributed by atoms with Gasteiger partial charge in [-0.2, -0.15) is 0 Å². The zero-order chi connectivity index (χ0) is 15.4. The number of piperidine rings is 1. The Morgan fingerprint density at radius 3 is 1.59 bits per heavy atom. The van der Waals surface area contributed by atoms with E-state index in [0.717, 1.165) is 17.8 Å². The number of rotatable bonds is 4. The molecular formula is C19H37N3. The molecule has 0 atom stereocenters. The quantitative estimate of drug-likeness (QED) is 0.791. The molecule has 0 aromatic carbocycles. The Labute approximate surface area is 138 Å². The van der Waals surface area contributed by atoms with Crippen LogP contribution in [0.25, 0.3) is 0 Å². The van der Waals surface area contributed by atoms with Gasteiger partial charge in [-0.05, 0) is 63.6 Å². The Bertz CT molecular complexity index is 277. The van der Waals surface area contributed by atoms with Gasteiger partial charge in [0.15, 0.2) is 0 Å². The van der Waals surface area contributed by atoms with E-state index >= 15 is 0 Å². The van der Waals surface area contributed by atoms with E-state index in [4.69, 9.17) is 0 Å². The monoisotopic (exact) mass is 307 g/mol. The fourth-order valence-corrected chi connectivity index (χ4v) is 4.64. The normalized spacial score (nSPS) is 34.1. The average molecular weight is 308 g/mol. The second-order valence-corrected chi connectivity index (χ2v) is 8.47. The smallest absolute Gasteiger partial charge is 0.0110 e. The third kappa shape index (κ3) is 4.94. The Kier molecular flexibility index (Phi) is 6.17. The van der Waals surface area contributed by atoms with Gasteiger partial charge in [-0.15, -0.1) is 0 Å². The Morgan fingerprint density at radius 2 is 1.09 bits per heavy atom. The molecule has 0 aromatic heterocycles. The van der Waals surface area contributed by atoms with E-state index in [9.17, 15) is 0 Å². The van der Waals surface area contributed by atoms with Crippen LogP contribution in [0.5, 0.6) is 0 Å². The Morgan fingerprint density at radius 1 is 0.636 bits per heavy atom. The molecule has 0 spiro atoms. The SMILES string of the molecule is CC1CCC(CN2CCN(CC3CCN(C)CC3)CC2)CC1. The van der Waals surface area contributed by atoms with E-state index in [0.29, 0.717) is 0 Å². The van der Waals surface area contributed by atoms with Crippen molar-refractivity contribution in [3.05, 3.63) is 0 Å². The molecule has 0 amide bonds.